The van der Waals surface area contributed by atoms with Gasteiger partial charge in [0.05, 0.1) is 35.5 Å². The maximum Gasteiger partial charge on any atom is 0.338 e. The van der Waals surface area contributed by atoms with E-state index in [0.717, 1.165) is 68.6 Å². The fraction of sp³-hybridized carbons (Fsp3) is 0.618. The first kappa shape index (κ1) is 30.7. The Kier molecular flexibility index (Phi) is 13.3. The van der Waals surface area contributed by atoms with E-state index in [-0.39, 0.29) is 17.5 Å². The minimum atomic E-state index is -0.290. The first-order chi connectivity index (χ1) is 19.1. The number of aromatic nitrogens is 1. The van der Waals surface area contributed by atoms with Crippen LogP contribution in [0.3, 0.4) is 0 Å². The zero-order valence-corrected chi connectivity index (χ0v) is 24.3. The van der Waals surface area contributed by atoms with Crippen molar-refractivity contribution in [1.29, 1.82) is 5.26 Å². The van der Waals surface area contributed by atoms with Crippen LogP contribution in [0.4, 0.5) is 0 Å². The predicted molar refractivity (Wildman–Crippen MR) is 158 cm³/mol. The minimum absolute atomic E-state index is 0.107. The SMILES string of the molecule is CCCCCCCCOc1ccc(-c2ccc(C(=O)OC3CCC(C#N)(CCCCCCC)CC3)cc2)nc1. The van der Waals surface area contributed by atoms with Crippen LogP contribution in [-0.2, 0) is 4.74 Å². The molecule has 1 aromatic heterocycles. The quantitative estimate of drug-likeness (QED) is 0.150. The minimum Gasteiger partial charge on any atom is -0.492 e. The highest BCUT2D eigenvalue weighted by atomic mass is 16.5. The standard InChI is InChI=1S/C34H48N2O3/c1-3-5-7-9-11-13-25-38-31-18-19-32(36-26-31)28-14-16-29(17-15-28)33(37)39-30-20-23-34(27-35,24-21-30)22-12-10-8-6-4-2/h14-19,26,30H,3-13,20-25H2,1-2H3. The van der Waals surface area contributed by atoms with Gasteiger partial charge in [-0.2, -0.15) is 5.26 Å². The van der Waals surface area contributed by atoms with Crippen LogP contribution in [0, 0.1) is 16.7 Å². The van der Waals surface area contributed by atoms with Crippen LogP contribution >= 0.6 is 0 Å². The average Bonchev–Trinajstić information content (AvgIpc) is 2.98. The zero-order chi connectivity index (χ0) is 27.8. The van der Waals surface area contributed by atoms with Crippen LogP contribution < -0.4 is 4.74 Å². The number of rotatable bonds is 17. The number of carbonyl (C=O) groups excluding carboxylic acids is 1. The number of hydrogen-bond acceptors (Lipinski definition) is 5. The van der Waals surface area contributed by atoms with Gasteiger partial charge in [-0.3, -0.25) is 4.98 Å². The van der Waals surface area contributed by atoms with E-state index in [0.29, 0.717) is 5.56 Å². The summed E-state index contributed by atoms with van der Waals surface area (Å²) in [6.45, 7) is 5.18. The Morgan fingerprint density at radius 2 is 1.54 bits per heavy atom. The number of esters is 1. The third-order valence-corrected chi connectivity index (χ3v) is 8.08. The Labute approximate surface area is 236 Å². The van der Waals surface area contributed by atoms with E-state index in [4.69, 9.17) is 9.47 Å². The number of pyridine rings is 1. The summed E-state index contributed by atoms with van der Waals surface area (Å²) in [5, 5.41) is 9.84. The Balaban J connectivity index is 1.41. The van der Waals surface area contributed by atoms with Gasteiger partial charge in [0.2, 0.25) is 0 Å². The molecule has 1 aliphatic carbocycles. The fourth-order valence-corrected chi connectivity index (χ4v) is 5.45. The highest BCUT2D eigenvalue weighted by molar-refractivity contribution is 5.90. The molecule has 0 atom stereocenters. The first-order valence-corrected chi connectivity index (χ1v) is 15.4. The van der Waals surface area contributed by atoms with Crippen molar-refractivity contribution in [1.82, 2.24) is 4.98 Å². The van der Waals surface area contributed by atoms with E-state index in [1.54, 1.807) is 18.3 Å². The number of nitriles is 1. The van der Waals surface area contributed by atoms with Crippen LogP contribution in [0.5, 0.6) is 5.75 Å². The van der Waals surface area contributed by atoms with Gasteiger partial charge in [-0.25, -0.2) is 4.79 Å². The number of unbranched alkanes of at least 4 members (excludes halogenated alkanes) is 9. The molecule has 1 aromatic carbocycles. The van der Waals surface area contributed by atoms with Crippen molar-refractivity contribution >= 4 is 5.97 Å². The van der Waals surface area contributed by atoms with E-state index in [2.05, 4.69) is 24.9 Å². The molecule has 0 spiro atoms. The van der Waals surface area contributed by atoms with Gasteiger partial charge in [-0.05, 0) is 62.8 Å². The van der Waals surface area contributed by atoms with Gasteiger partial charge < -0.3 is 9.47 Å². The van der Waals surface area contributed by atoms with Crippen LogP contribution in [0.25, 0.3) is 11.3 Å². The zero-order valence-electron chi connectivity index (χ0n) is 24.3. The van der Waals surface area contributed by atoms with Gasteiger partial charge >= 0.3 is 5.97 Å². The summed E-state index contributed by atoms with van der Waals surface area (Å²) in [6.07, 6.45) is 19.3. The molecule has 1 saturated carbocycles. The summed E-state index contributed by atoms with van der Waals surface area (Å²) in [5.74, 6) is 0.499. The molecular weight excluding hydrogens is 484 g/mol. The molecule has 0 N–H and O–H groups in total. The lowest BCUT2D eigenvalue weighted by molar-refractivity contribution is 0.0105. The molecule has 1 aliphatic rings. The monoisotopic (exact) mass is 532 g/mol. The second-order valence-electron chi connectivity index (χ2n) is 11.2. The number of benzene rings is 1. The third-order valence-electron chi connectivity index (χ3n) is 8.08. The molecule has 212 valence electrons. The Morgan fingerprint density at radius 3 is 2.15 bits per heavy atom. The largest absolute Gasteiger partial charge is 0.492 e. The molecule has 0 radical (unpaired) electrons. The van der Waals surface area contributed by atoms with Gasteiger partial charge in [0.15, 0.2) is 0 Å². The maximum absolute atomic E-state index is 12.8. The van der Waals surface area contributed by atoms with Gasteiger partial charge in [0, 0.05) is 5.56 Å². The van der Waals surface area contributed by atoms with Crippen molar-refractivity contribution < 1.29 is 14.3 Å². The molecule has 39 heavy (non-hydrogen) atoms. The molecule has 2 aromatic rings. The second-order valence-corrected chi connectivity index (χ2v) is 11.2. The molecule has 1 heterocycles. The lowest BCUT2D eigenvalue weighted by Crippen LogP contribution is -2.31. The summed E-state index contributed by atoms with van der Waals surface area (Å²) in [5.41, 5.74) is 2.10. The highest BCUT2D eigenvalue weighted by Gasteiger charge is 2.36. The average molecular weight is 533 g/mol. The Morgan fingerprint density at radius 1 is 0.897 bits per heavy atom. The number of nitrogens with zero attached hydrogens (tertiary/aromatic N) is 2. The molecule has 0 aliphatic heterocycles. The van der Waals surface area contributed by atoms with E-state index in [9.17, 15) is 10.1 Å². The smallest absolute Gasteiger partial charge is 0.338 e. The topological polar surface area (TPSA) is 72.2 Å². The summed E-state index contributed by atoms with van der Waals surface area (Å²) in [6, 6.07) is 14.0. The normalized spacial score (nSPS) is 18.8. The maximum atomic E-state index is 12.8. The van der Waals surface area contributed by atoms with Gasteiger partial charge in [0.1, 0.15) is 11.9 Å². The van der Waals surface area contributed by atoms with Gasteiger partial charge in [-0.15, -0.1) is 0 Å². The van der Waals surface area contributed by atoms with Gasteiger partial charge in [0.25, 0.3) is 0 Å². The Bertz CT molecular complexity index is 1000. The number of ether oxygens (including phenoxy) is 2. The van der Waals surface area contributed by atoms with E-state index in [1.807, 2.05) is 24.3 Å². The number of carbonyl (C=O) groups is 1. The molecule has 0 unspecified atom stereocenters. The van der Waals surface area contributed by atoms with Crippen LogP contribution in [0.1, 0.15) is 127 Å². The Hall–Kier alpha value is -2.87. The summed E-state index contributed by atoms with van der Waals surface area (Å²) >= 11 is 0. The molecule has 0 amide bonds. The first-order valence-electron chi connectivity index (χ1n) is 15.4. The van der Waals surface area contributed by atoms with E-state index in [1.165, 1.54) is 57.8 Å². The molecule has 0 bridgehead atoms. The third kappa shape index (κ3) is 10.3. The lowest BCUT2D eigenvalue weighted by atomic mass is 9.71. The molecule has 0 saturated heterocycles. The van der Waals surface area contributed by atoms with Crippen LogP contribution in [-0.4, -0.2) is 23.7 Å². The van der Waals surface area contributed by atoms with Crippen molar-refractivity contribution in [3.05, 3.63) is 48.2 Å². The van der Waals surface area contributed by atoms with Crippen molar-refractivity contribution in [2.45, 2.75) is 123 Å². The fourth-order valence-electron chi connectivity index (χ4n) is 5.45. The van der Waals surface area contributed by atoms with Crippen LogP contribution in [0.2, 0.25) is 0 Å². The predicted octanol–water partition coefficient (Wildman–Crippen LogP) is 9.46. The van der Waals surface area contributed by atoms with Crippen molar-refractivity contribution in [2.75, 3.05) is 6.61 Å². The van der Waals surface area contributed by atoms with Crippen molar-refractivity contribution in [3.8, 4) is 23.1 Å². The van der Waals surface area contributed by atoms with E-state index >= 15 is 0 Å². The van der Waals surface area contributed by atoms with Crippen molar-refractivity contribution in [3.63, 3.8) is 0 Å². The van der Waals surface area contributed by atoms with E-state index < -0.39 is 0 Å². The van der Waals surface area contributed by atoms with Crippen molar-refractivity contribution in [2.24, 2.45) is 5.41 Å². The molecule has 5 heteroatoms. The molecule has 1 fully saturated rings. The summed E-state index contributed by atoms with van der Waals surface area (Å²) in [7, 11) is 0. The number of hydrogen-bond donors (Lipinski definition) is 0. The molecule has 5 nitrogen and oxygen atoms in total. The van der Waals surface area contributed by atoms with Gasteiger partial charge in [-0.1, -0.05) is 90.2 Å². The van der Waals surface area contributed by atoms with Crippen LogP contribution in [0.15, 0.2) is 42.6 Å². The molecular formula is C34H48N2O3. The summed E-state index contributed by atoms with van der Waals surface area (Å²) in [4.78, 5) is 17.3. The second kappa shape index (κ2) is 17.0. The summed E-state index contributed by atoms with van der Waals surface area (Å²) < 4.78 is 11.7. The molecule has 3 rings (SSSR count). The lowest BCUT2D eigenvalue weighted by Gasteiger charge is -2.34. The highest BCUT2D eigenvalue weighted by Crippen LogP contribution is 2.41.